The smallest absolute Gasteiger partial charge is 0.0187 e. The van der Waals surface area contributed by atoms with Gasteiger partial charge in [-0.1, -0.05) is 68.8 Å². The maximum atomic E-state index is 5.25. The van der Waals surface area contributed by atoms with Crippen LogP contribution in [0.2, 0.25) is 13.1 Å². The minimum absolute atomic E-state index is 0. The zero-order valence-electron chi connectivity index (χ0n) is 19.1. The van der Waals surface area contributed by atoms with E-state index in [1.807, 2.05) is 0 Å². The second-order valence-electron chi connectivity index (χ2n) is 7.81. The van der Waals surface area contributed by atoms with Crippen molar-refractivity contribution in [2.24, 2.45) is 5.92 Å². The molecule has 164 valence electrons. The van der Waals surface area contributed by atoms with Gasteiger partial charge in [-0.2, -0.15) is 11.1 Å². The van der Waals surface area contributed by atoms with E-state index in [-0.39, 0.29) is 30.2 Å². The van der Waals surface area contributed by atoms with Crippen LogP contribution in [-0.2, 0) is 23.3 Å². The number of allylic oxidation sites excluding steroid dienone is 8. The van der Waals surface area contributed by atoms with E-state index in [1.165, 1.54) is 38.6 Å². The van der Waals surface area contributed by atoms with Crippen LogP contribution in [0.25, 0.3) is 16.3 Å². The van der Waals surface area contributed by atoms with E-state index >= 15 is 0 Å². The van der Waals surface area contributed by atoms with Gasteiger partial charge < -0.3 is 24.8 Å². The molecule has 0 spiro atoms. The van der Waals surface area contributed by atoms with Crippen molar-refractivity contribution in [3.05, 3.63) is 83.0 Å². The molecule has 0 N–H and O–H groups in total. The molecular weight excluding hydrogens is 535 g/mol. The van der Waals surface area contributed by atoms with Crippen LogP contribution in [0.4, 0.5) is 0 Å². The molecule has 0 radical (unpaired) electrons. The number of rotatable bonds is 1. The number of thiocarbonyl (C=S) groups is 1. The van der Waals surface area contributed by atoms with Crippen molar-refractivity contribution in [2.75, 3.05) is 0 Å². The molecule has 2 aliphatic carbocycles. The van der Waals surface area contributed by atoms with Gasteiger partial charge in [0, 0.05) is 11.3 Å². The van der Waals surface area contributed by atoms with Crippen molar-refractivity contribution in [1.29, 1.82) is 0 Å². The zero-order chi connectivity index (χ0) is 21.6. The fraction of sp³-hybridized carbons (Fsp3) is 0.308. The summed E-state index contributed by atoms with van der Waals surface area (Å²) in [5, 5.41) is 2.60. The van der Waals surface area contributed by atoms with Crippen molar-refractivity contribution in [2.45, 2.75) is 47.2 Å². The Balaban J connectivity index is 0.000000516. The number of hydrogen-bond donors (Lipinski definition) is 0. The van der Waals surface area contributed by atoms with Gasteiger partial charge in [0.05, 0.1) is 0 Å². The van der Waals surface area contributed by atoms with Crippen molar-refractivity contribution in [3.8, 4) is 0 Å². The first-order chi connectivity index (χ1) is 13.7. The normalized spacial score (nSPS) is 16.8. The zero-order valence-corrected chi connectivity index (χ0v) is 24.9. The standard InChI is InChI=1S/C15H11S.C9H13.C2H6Si.2ClH.Zr/c16-13-6-3-5-12(10-13)15-9-8-11-4-1-2-7-14(11)15;1-6-5-7(2)9(4)8(6)3;1-3-2;;;/h1-5,7-10H,6H2;6H,1-4H3;1-2H3;2*1H;/q2*-1;;;;+2/p-2. The number of halogens is 2. The Hall–Kier alpha value is -0.440. The predicted octanol–water partition coefficient (Wildman–Crippen LogP) is 1.79. The van der Waals surface area contributed by atoms with Gasteiger partial charge >= 0.3 is 41.9 Å². The molecule has 0 amide bonds. The second kappa shape index (κ2) is 14.7. The molecule has 0 nitrogen and oxygen atoms in total. The second-order valence-corrected chi connectivity index (χ2v) is 17.7. The summed E-state index contributed by atoms with van der Waals surface area (Å²) in [6, 6.07) is 12.8. The SMILES string of the molecule is CC1=[C-]C(C)C(C)=C1C.C[Si](C)=[Zr+2].S=C1C=C(c2c[cH-]c3ccccc23)C=CC1.[Cl-].[Cl-]. The average molecular weight is 565 g/mol. The molecule has 4 rings (SSSR count). The largest absolute Gasteiger partial charge is 1.00 e. The van der Waals surface area contributed by atoms with E-state index in [0.717, 1.165) is 11.3 Å². The molecule has 2 aliphatic rings. The van der Waals surface area contributed by atoms with Crippen LogP contribution in [0, 0.1) is 12.0 Å². The van der Waals surface area contributed by atoms with Gasteiger partial charge in [-0.25, -0.2) is 5.57 Å². The molecule has 0 fully saturated rings. The maximum Gasteiger partial charge on any atom is 0.0187 e. The minimum atomic E-state index is 0. The molecule has 2 aromatic rings. The molecular formula is C26H30Cl2SSiZr-2. The van der Waals surface area contributed by atoms with E-state index in [1.54, 1.807) is 23.3 Å². The summed E-state index contributed by atoms with van der Waals surface area (Å²) in [6.07, 6.45) is 10.7. The van der Waals surface area contributed by atoms with Gasteiger partial charge in [0.15, 0.2) is 0 Å². The van der Waals surface area contributed by atoms with Gasteiger partial charge in [0.1, 0.15) is 0 Å². The van der Waals surface area contributed by atoms with Gasteiger partial charge in [-0.05, 0) is 0 Å². The fourth-order valence-electron chi connectivity index (χ4n) is 3.31. The molecule has 5 heteroatoms. The summed E-state index contributed by atoms with van der Waals surface area (Å²) in [4.78, 5) is 1.02. The van der Waals surface area contributed by atoms with E-state index in [4.69, 9.17) is 12.2 Å². The molecule has 0 heterocycles. The monoisotopic (exact) mass is 562 g/mol. The Kier molecular flexibility index (Phi) is 14.4. The summed E-state index contributed by atoms with van der Waals surface area (Å²) >= 11 is 6.99. The van der Waals surface area contributed by atoms with Gasteiger partial charge in [0.25, 0.3) is 0 Å². The third kappa shape index (κ3) is 9.14. The molecule has 0 bridgehead atoms. The van der Waals surface area contributed by atoms with E-state index in [9.17, 15) is 0 Å². The first-order valence-electron chi connectivity index (χ1n) is 10.1. The number of hydrogen-bond acceptors (Lipinski definition) is 1. The maximum absolute atomic E-state index is 5.25. The summed E-state index contributed by atoms with van der Waals surface area (Å²) < 4.78 is 0. The van der Waals surface area contributed by atoms with Crippen molar-refractivity contribution in [1.82, 2.24) is 0 Å². The molecule has 0 saturated carbocycles. The van der Waals surface area contributed by atoms with Crippen molar-refractivity contribution < 1.29 is 48.1 Å². The number of benzene rings is 1. The third-order valence-corrected chi connectivity index (χ3v) is 5.45. The Morgan fingerprint density at radius 2 is 1.74 bits per heavy atom. The van der Waals surface area contributed by atoms with Crippen molar-refractivity contribution in [3.63, 3.8) is 0 Å². The minimum Gasteiger partial charge on any atom is -1.00 e. The van der Waals surface area contributed by atoms with E-state index in [0.29, 0.717) is 5.92 Å². The first kappa shape index (κ1) is 30.6. The number of fused-ring (bicyclic) bond motifs is 1. The summed E-state index contributed by atoms with van der Waals surface area (Å²) in [5.74, 6) is 0.560. The molecule has 0 saturated heterocycles. The molecule has 2 aromatic carbocycles. The molecule has 0 aromatic heterocycles. The van der Waals surface area contributed by atoms with Crippen LogP contribution in [0.1, 0.15) is 39.7 Å². The molecule has 0 aliphatic heterocycles. The van der Waals surface area contributed by atoms with Crippen molar-refractivity contribution >= 4 is 38.9 Å². The summed E-state index contributed by atoms with van der Waals surface area (Å²) in [7, 11) is 0. The van der Waals surface area contributed by atoms with Gasteiger partial charge in [0.2, 0.25) is 0 Å². The van der Waals surface area contributed by atoms with Crippen LogP contribution in [0.3, 0.4) is 0 Å². The summed E-state index contributed by atoms with van der Waals surface area (Å²) in [5.41, 5.74) is 6.98. The van der Waals surface area contributed by atoms with Crippen LogP contribution in [0.5, 0.6) is 0 Å². The first-order valence-corrected chi connectivity index (χ1v) is 16.7. The summed E-state index contributed by atoms with van der Waals surface area (Å²) in [6.45, 7) is 13.3. The third-order valence-electron chi connectivity index (χ3n) is 5.16. The Morgan fingerprint density at radius 1 is 1.13 bits per heavy atom. The van der Waals surface area contributed by atoms with Gasteiger partial charge in [-0.15, -0.1) is 53.6 Å². The molecule has 1 unspecified atom stereocenters. The molecule has 31 heavy (non-hydrogen) atoms. The predicted molar refractivity (Wildman–Crippen MR) is 131 cm³/mol. The Morgan fingerprint density at radius 3 is 2.23 bits per heavy atom. The fourth-order valence-corrected chi connectivity index (χ4v) is 3.54. The quantitative estimate of drug-likeness (QED) is 0.289. The van der Waals surface area contributed by atoms with Crippen LogP contribution in [0.15, 0.2) is 71.3 Å². The van der Waals surface area contributed by atoms with E-state index < -0.39 is 0 Å². The Bertz CT molecular complexity index is 1040. The average Bonchev–Trinajstić information content (AvgIpc) is 3.19. The van der Waals surface area contributed by atoms with Crippen LogP contribution < -0.4 is 24.8 Å². The van der Waals surface area contributed by atoms with Crippen LogP contribution >= 0.6 is 12.2 Å². The van der Waals surface area contributed by atoms with Gasteiger partial charge in [-0.3, -0.25) is 6.08 Å². The van der Waals surface area contributed by atoms with Crippen LogP contribution in [-0.4, -0.2) is 10.3 Å². The van der Waals surface area contributed by atoms with E-state index in [2.05, 4.69) is 101 Å². The topological polar surface area (TPSA) is 0 Å². The Labute approximate surface area is 221 Å². The molecule has 1 atom stereocenters.